The molecule has 0 saturated heterocycles. The van der Waals surface area contributed by atoms with Crippen molar-refractivity contribution in [3.63, 3.8) is 0 Å². The molecule has 3 heterocycles. The first-order valence-electron chi connectivity index (χ1n) is 6.47. The van der Waals surface area contributed by atoms with E-state index in [4.69, 9.17) is 4.52 Å². The molecule has 3 aromatic heterocycles. The molecule has 0 bridgehead atoms. The normalized spacial score (nSPS) is 12.9. The molecule has 0 fully saturated rings. The van der Waals surface area contributed by atoms with E-state index in [1.54, 1.807) is 6.07 Å². The minimum atomic E-state index is -0.322. The molecular formula is C13H14N4O2S. The van der Waals surface area contributed by atoms with Crippen LogP contribution in [0.1, 0.15) is 38.0 Å². The summed E-state index contributed by atoms with van der Waals surface area (Å²) in [5, 5.41) is 6.40. The highest BCUT2D eigenvalue weighted by molar-refractivity contribution is 7.16. The minimum Gasteiger partial charge on any atom is -0.337 e. The van der Waals surface area contributed by atoms with Gasteiger partial charge in [-0.25, -0.2) is 4.98 Å². The molecule has 3 rings (SSSR count). The lowest BCUT2D eigenvalue weighted by molar-refractivity contribution is 0.339. The van der Waals surface area contributed by atoms with Gasteiger partial charge in [-0.15, -0.1) is 11.3 Å². The molecule has 0 radical (unpaired) electrons. The monoisotopic (exact) mass is 290 g/mol. The van der Waals surface area contributed by atoms with E-state index < -0.39 is 0 Å². The number of fused-ring (bicyclic) bond motifs is 1. The van der Waals surface area contributed by atoms with Crippen molar-refractivity contribution in [2.75, 3.05) is 0 Å². The number of nitrogens with zero attached hydrogens (tertiary/aromatic N) is 4. The van der Waals surface area contributed by atoms with Crippen LogP contribution in [0.15, 0.2) is 27.1 Å². The predicted octanol–water partition coefficient (Wildman–Crippen LogP) is 2.40. The van der Waals surface area contributed by atoms with Gasteiger partial charge in [0, 0.05) is 6.42 Å². The van der Waals surface area contributed by atoms with Crippen molar-refractivity contribution in [2.24, 2.45) is 0 Å². The number of rotatable bonds is 4. The summed E-state index contributed by atoms with van der Waals surface area (Å²) in [5.41, 5.74) is -0.0843. The zero-order valence-corrected chi connectivity index (χ0v) is 12.1. The van der Waals surface area contributed by atoms with Gasteiger partial charge in [0.15, 0.2) is 5.82 Å². The molecule has 1 atom stereocenters. The number of aryl methyl sites for hydroxylation is 1. The van der Waals surface area contributed by atoms with E-state index in [-0.39, 0.29) is 11.6 Å². The molecule has 7 heteroatoms. The largest absolute Gasteiger partial charge is 0.337 e. The summed E-state index contributed by atoms with van der Waals surface area (Å²) in [4.78, 5) is 21.7. The molecule has 0 unspecified atom stereocenters. The van der Waals surface area contributed by atoms with Crippen LogP contribution in [0.4, 0.5) is 0 Å². The third kappa shape index (κ3) is 2.14. The van der Waals surface area contributed by atoms with E-state index >= 15 is 0 Å². The van der Waals surface area contributed by atoms with Crippen LogP contribution in [0.3, 0.4) is 0 Å². The fraction of sp³-hybridized carbons (Fsp3) is 0.385. The van der Waals surface area contributed by atoms with E-state index in [1.807, 2.05) is 12.3 Å². The fourth-order valence-electron chi connectivity index (χ4n) is 2.03. The van der Waals surface area contributed by atoms with Gasteiger partial charge in [-0.3, -0.25) is 9.36 Å². The molecule has 0 spiro atoms. The maximum atomic E-state index is 12.4. The summed E-state index contributed by atoms with van der Waals surface area (Å²) in [6.07, 6.45) is 3.26. The molecule has 3 aromatic rings. The van der Waals surface area contributed by atoms with Gasteiger partial charge in [-0.2, -0.15) is 4.98 Å². The maximum Gasteiger partial charge on any atom is 0.262 e. The van der Waals surface area contributed by atoms with Gasteiger partial charge in [0.1, 0.15) is 10.9 Å². The van der Waals surface area contributed by atoms with Gasteiger partial charge in [-0.05, 0) is 24.8 Å². The van der Waals surface area contributed by atoms with Crippen molar-refractivity contribution < 1.29 is 4.52 Å². The molecule has 0 aliphatic heterocycles. The van der Waals surface area contributed by atoms with E-state index in [9.17, 15) is 4.79 Å². The van der Waals surface area contributed by atoms with Crippen LogP contribution >= 0.6 is 11.3 Å². The van der Waals surface area contributed by atoms with Crippen molar-refractivity contribution in [3.8, 4) is 0 Å². The van der Waals surface area contributed by atoms with Crippen LogP contribution in [0.25, 0.3) is 10.2 Å². The molecule has 104 valence electrons. The van der Waals surface area contributed by atoms with Crippen LogP contribution < -0.4 is 5.56 Å². The van der Waals surface area contributed by atoms with Crippen LogP contribution in [-0.2, 0) is 6.42 Å². The lowest BCUT2D eigenvalue weighted by atomic mass is 10.3. The molecule has 0 aliphatic carbocycles. The Labute approximate surface area is 119 Å². The number of hydrogen-bond donors (Lipinski definition) is 0. The number of thiophene rings is 1. The highest BCUT2D eigenvalue weighted by atomic mass is 32.1. The van der Waals surface area contributed by atoms with Crippen molar-refractivity contribution in [1.29, 1.82) is 0 Å². The zero-order chi connectivity index (χ0) is 14.1. The second-order valence-electron chi connectivity index (χ2n) is 4.57. The molecule has 0 aromatic carbocycles. The van der Waals surface area contributed by atoms with E-state index in [0.29, 0.717) is 17.1 Å². The third-order valence-corrected chi connectivity index (χ3v) is 3.96. The number of hydrogen-bond acceptors (Lipinski definition) is 6. The molecule has 20 heavy (non-hydrogen) atoms. The van der Waals surface area contributed by atoms with E-state index in [2.05, 4.69) is 22.0 Å². The van der Waals surface area contributed by atoms with Crippen molar-refractivity contribution in [1.82, 2.24) is 19.7 Å². The average molecular weight is 290 g/mol. The summed E-state index contributed by atoms with van der Waals surface area (Å²) in [6.45, 7) is 3.91. The quantitative estimate of drug-likeness (QED) is 0.737. The van der Waals surface area contributed by atoms with Crippen LogP contribution in [-0.4, -0.2) is 19.7 Å². The lowest BCUT2D eigenvalue weighted by Crippen LogP contribution is -2.24. The molecule has 0 saturated carbocycles. The average Bonchev–Trinajstić information content (AvgIpc) is 3.08. The van der Waals surface area contributed by atoms with Crippen LogP contribution in [0, 0.1) is 0 Å². The highest BCUT2D eigenvalue weighted by Gasteiger charge is 2.18. The molecule has 0 N–H and O–H groups in total. The first kappa shape index (κ1) is 13.0. The van der Waals surface area contributed by atoms with Crippen molar-refractivity contribution in [3.05, 3.63) is 39.8 Å². The Hall–Kier alpha value is -2.02. The Balaban J connectivity index is 2.00. The minimum absolute atomic E-state index is 0.0843. The Morgan fingerprint density at radius 2 is 2.35 bits per heavy atom. The standard InChI is InChI=1S/C13H14N4O2S/c1-3-4-10-15-11(19-16-10)8(2)17-7-14-12-9(13(17)18)5-6-20-12/h5-8H,3-4H2,1-2H3/t8-/m1/s1. The predicted molar refractivity (Wildman–Crippen MR) is 76.0 cm³/mol. The van der Waals surface area contributed by atoms with Gasteiger partial charge in [-0.1, -0.05) is 12.1 Å². The van der Waals surface area contributed by atoms with Gasteiger partial charge < -0.3 is 4.52 Å². The van der Waals surface area contributed by atoms with Gasteiger partial charge >= 0.3 is 0 Å². The summed E-state index contributed by atoms with van der Waals surface area (Å²) < 4.78 is 6.76. The molecule has 6 nitrogen and oxygen atoms in total. The van der Waals surface area contributed by atoms with Crippen LogP contribution in [0.5, 0.6) is 0 Å². The topological polar surface area (TPSA) is 73.8 Å². The summed E-state index contributed by atoms with van der Waals surface area (Å²) in [6, 6.07) is 1.46. The highest BCUT2D eigenvalue weighted by Crippen LogP contribution is 2.18. The fourth-order valence-corrected chi connectivity index (χ4v) is 2.75. The zero-order valence-electron chi connectivity index (χ0n) is 11.2. The third-order valence-electron chi connectivity index (χ3n) is 3.14. The second kappa shape index (κ2) is 5.16. The Bertz CT molecular complexity index is 789. The SMILES string of the molecule is CCCc1noc([C@@H](C)n2cnc3sccc3c2=O)n1. The second-order valence-corrected chi connectivity index (χ2v) is 5.47. The summed E-state index contributed by atoms with van der Waals surface area (Å²) >= 11 is 1.45. The van der Waals surface area contributed by atoms with E-state index in [0.717, 1.165) is 17.7 Å². The first-order valence-corrected chi connectivity index (χ1v) is 7.35. The van der Waals surface area contributed by atoms with Crippen molar-refractivity contribution in [2.45, 2.75) is 32.7 Å². The molecular weight excluding hydrogens is 276 g/mol. The smallest absolute Gasteiger partial charge is 0.262 e. The Kier molecular flexibility index (Phi) is 3.35. The lowest BCUT2D eigenvalue weighted by Gasteiger charge is -2.09. The van der Waals surface area contributed by atoms with Gasteiger partial charge in [0.2, 0.25) is 5.89 Å². The van der Waals surface area contributed by atoms with Crippen molar-refractivity contribution >= 4 is 21.6 Å². The Morgan fingerprint density at radius 3 is 3.15 bits per heavy atom. The van der Waals surface area contributed by atoms with Crippen LogP contribution in [0.2, 0.25) is 0 Å². The maximum absolute atomic E-state index is 12.4. The van der Waals surface area contributed by atoms with E-state index in [1.165, 1.54) is 22.2 Å². The first-order chi connectivity index (χ1) is 9.70. The van der Waals surface area contributed by atoms with Gasteiger partial charge in [0.05, 0.1) is 11.7 Å². The van der Waals surface area contributed by atoms with Gasteiger partial charge in [0.25, 0.3) is 5.56 Å². The Morgan fingerprint density at radius 1 is 1.50 bits per heavy atom. The summed E-state index contributed by atoms with van der Waals surface area (Å²) in [7, 11) is 0. The molecule has 0 aliphatic rings. The molecule has 0 amide bonds. The summed E-state index contributed by atoms with van der Waals surface area (Å²) in [5.74, 6) is 1.11. The number of aromatic nitrogens is 4.